The van der Waals surface area contributed by atoms with E-state index < -0.39 is 0 Å². The molecule has 0 amide bonds. The molecule has 0 aliphatic carbocycles. The molecule has 3 heteroatoms. The number of fused-ring (bicyclic) bond motifs is 2. The summed E-state index contributed by atoms with van der Waals surface area (Å²) in [7, 11) is 0. The van der Waals surface area contributed by atoms with Crippen molar-refractivity contribution in [1.82, 2.24) is 0 Å². The highest BCUT2D eigenvalue weighted by atomic mass is 79.9. The molecule has 0 aromatic rings. The number of alkyl halides is 2. The number of hydrogen-bond acceptors (Lipinski definition) is 1. The summed E-state index contributed by atoms with van der Waals surface area (Å²) in [5.74, 6) is 0. The Labute approximate surface area is 89.1 Å². The summed E-state index contributed by atoms with van der Waals surface area (Å²) < 4.78 is 0. The van der Waals surface area contributed by atoms with Crippen LogP contribution < -0.4 is 0 Å². The van der Waals surface area contributed by atoms with Crippen molar-refractivity contribution in [2.45, 2.75) is 45.8 Å². The summed E-state index contributed by atoms with van der Waals surface area (Å²) in [6.45, 7) is 0. The maximum absolute atomic E-state index is 3.76. The van der Waals surface area contributed by atoms with E-state index in [1.54, 1.807) is 0 Å². The highest BCUT2D eigenvalue weighted by Gasteiger charge is 2.36. The van der Waals surface area contributed by atoms with Gasteiger partial charge in [-0.2, -0.15) is 11.8 Å². The zero-order valence-corrected chi connectivity index (χ0v) is 10.3. The van der Waals surface area contributed by atoms with Crippen LogP contribution in [0.5, 0.6) is 0 Å². The average molecular weight is 300 g/mol. The third kappa shape index (κ3) is 1.80. The van der Waals surface area contributed by atoms with E-state index >= 15 is 0 Å². The summed E-state index contributed by atoms with van der Waals surface area (Å²) in [4.78, 5) is 1.59. The van der Waals surface area contributed by atoms with Gasteiger partial charge in [-0.15, -0.1) is 0 Å². The molecule has 0 nitrogen and oxygen atoms in total. The predicted molar refractivity (Wildman–Crippen MR) is 59.1 cm³/mol. The molecule has 2 bridgehead atoms. The van der Waals surface area contributed by atoms with E-state index in [2.05, 4.69) is 43.6 Å². The molecule has 2 aliphatic rings. The second kappa shape index (κ2) is 3.59. The van der Waals surface area contributed by atoms with Crippen molar-refractivity contribution in [1.29, 1.82) is 0 Å². The number of thioether (sulfide) groups is 1. The fraction of sp³-hybridized carbons (Fsp3) is 1.00. The van der Waals surface area contributed by atoms with Gasteiger partial charge in [-0.3, -0.25) is 0 Å². The molecule has 0 spiro atoms. The minimum absolute atomic E-state index is 0.795. The molecule has 2 rings (SSSR count). The van der Waals surface area contributed by atoms with Crippen molar-refractivity contribution in [3.63, 3.8) is 0 Å². The second-order valence-corrected chi connectivity index (χ2v) is 7.24. The van der Waals surface area contributed by atoms with E-state index in [-0.39, 0.29) is 0 Å². The van der Waals surface area contributed by atoms with Crippen LogP contribution in [0.3, 0.4) is 0 Å². The van der Waals surface area contributed by atoms with Gasteiger partial charge in [0.15, 0.2) is 0 Å². The first-order valence-corrected chi connectivity index (χ1v) is 6.98. The summed E-state index contributed by atoms with van der Waals surface area (Å²) in [6, 6.07) is 0. The summed E-state index contributed by atoms with van der Waals surface area (Å²) in [6.07, 6.45) is 5.55. The van der Waals surface area contributed by atoms with Crippen LogP contribution in [-0.4, -0.2) is 20.2 Å². The van der Waals surface area contributed by atoms with Crippen LogP contribution in [0.4, 0.5) is 0 Å². The minimum Gasteiger partial charge on any atom is -0.153 e. The predicted octanol–water partition coefficient (Wildman–Crippen LogP) is 3.57. The molecule has 2 fully saturated rings. The smallest absolute Gasteiger partial charge is 0.0265 e. The van der Waals surface area contributed by atoms with E-state index in [0.717, 1.165) is 20.2 Å². The number of hydrogen-bond donors (Lipinski definition) is 0. The Morgan fingerprint density at radius 1 is 0.818 bits per heavy atom. The summed E-state index contributed by atoms with van der Waals surface area (Å²) >= 11 is 9.72. The molecular weight excluding hydrogens is 288 g/mol. The Kier molecular flexibility index (Phi) is 2.90. The van der Waals surface area contributed by atoms with Crippen molar-refractivity contribution in [3.05, 3.63) is 0 Å². The second-order valence-electron chi connectivity index (χ2n) is 3.40. The van der Waals surface area contributed by atoms with Gasteiger partial charge in [0.05, 0.1) is 0 Å². The van der Waals surface area contributed by atoms with Crippen molar-refractivity contribution in [2.75, 3.05) is 0 Å². The fourth-order valence-corrected chi connectivity index (χ4v) is 5.32. The molecule has 0 radical (unpaired) electrons. The van der Waals surface area contributed by atoms with Crippen LogP contribution in [0.1, 0.15) is 25.7 Å². The average Bonchev–Trinajstić information content (AvgIpc) is 2.02. The number of halogens is 2. The first-order valence-electron chi connectivity index (χ1n) is 4.21. The SMILES string of the molecule is BrC1CCC2SC1CCC2Br. The van der Waals surface area contributed by atoms with Gasteiger partial charge in [0.25, 0.3) is 0 Å². The van der Waals surface area contributed by atoms with Crippen LogP contribution in [-0.2, 0) is 0 Å². The van der Waals surface area contributed by atoms with Gasteiger partial charge >= 0.3 is 0 Å². The maximum Gasteiger partial charge on any atom is 0.0265 e. The van der Waals surface area contributed by atoms with Gasteiger partial charge in [0, 0.05) is 20.2 Å². The lowest BCUT2D eigenvalue weighted by molar-refractivity contribution is 0.516. The lowest BCUT2D eigenvalue weighted by Crippen LogP contribution is -2.37. The highest BCUT2D eigenvalue weighted by molar-refractivity contribution is 9.10. The Balaban J connectivity index is 2.02. The van der Waals surface area contributed by atoms with E-state index in [9.17, 15) is 0 Å². The molecular formula is C8H12Br2S. The Bertz CT molecular complexity index is 135. The lowest BCUT2D eigenvalue weighted by atomic mass is 9.99. The van der Waals surface area contributed by atoms with Gasteiger partial charge in [0.1, 0.15) is 0 Å². The topological polar surface area (TPSA) is 0 Å². The molecule has 0 N–H and O–H groups in total. The quantitative estimate of drug-likeness (QED) is 0.616. The molecule has 4 unspecified atom stereocenters. The van der Waals surface area contributed by atoms with E-state index in [1.165, 1.54) is 25.7 Å². The van der Waals surface area contributed by atoms with E-state index in [1.807, 2.05) is 0 Å². The summed E-state index contributed by atoms with van der Waals surface area (Å²) in [5, 5.41) is 1.81. The molecule has 0 aromatic carbocycles. The van der Waals surface area contributed by atoms with Crippen molar-refractivity contribution in [3.8, 4) is 0 Å². The normalized spacial score (nSPS) is 50.7. The Morgan fingerprint density at radius 3 is 1.73 bits per heavy atom. The van der Waals surface area contributed by atoms with Crippen molar-refractivity contribution < 1.29 is 0 Å². The van der Waals surface area contributed by atoms with Crippen LogP contribution in [0.2, 0.25) is 0 Å². The molecule has 0 aromatic heterocycles. The van der Waals surface area contributed by atoms with Gasteiger partial charge < -0.3 is 0 Å². The third-order valence-electron chi connectivity index (χ3n) is 2.61. The summed E-state index contributed by atoms with van der Waals surface area (Å²) in [5.41, 5.74) is 0. The Hall–Kier alpha value is 1.31. The zero-order valence-electron chi connectivity index (χ0n) is 6.30. The molecule has 2 saturated heterocycles. The molecule has 64 valence electrons. The molecule has 2 aliphatic heterocycles. The van der Waals surface area contributed by atoms with Crippen LogP contribution in [0.25, 0.3) is 0 Å². The van der Waals surface area contributed by atoms with E-state index in [0.29, 0.717) is 0 Å². The van der Waals surface area contributed by atoms with Gasteiger partial charge in [-0.1, -0.05) is 31.9 Å². The van der Waals surface area contributed by atoms with Gasteiger partial charge in [-0.25, -0.2) is 0 Å². The van der Waals surface area contributed by atoms with E-state index in [4.69, 9.17) is 0 Å². The first-order chi connectivity index (χ1) is 5.27. The van der Waals surface area contributed by atoms with Crippen molar-refractivity contribution in [2.24, 2.45) is 0 Å². The van der Waals surface area contributed by atoms with Crippen molar-refractivity contribution >= 4 is 43.6 Å². The van der Waals surface area contributed by atoms with Crippen LogP contribution in [0.15, 0.2) is 0 Å². The highest BCUT2D eigenvalue weighted by Crippen LogP contribution is 2.46. The molecule has 11 heavy (non-hydrogen) atoms. The van der Waals surface area contributed by atoms with Crippen LogP contribution >= 0.6 is 43.6 Å². The molecule has 2 heterocycles. The van der Waals surface area contributed by atoms with Gasteiger partial charge in [-0.05, 0) is 25.7 Å². The van der Waals surface area contributed by atoms with Crippen LogP contribution in [0, 0.1) is 0 Å². The molecule has 0 saturated carbocycles. The number of rotatable bonds is 0. The Morgan fingerprint density at radius 2 is 1.27 bits per heavy atom. The third-order valence-corrected chi connectivity index (χ3v) is 7.33. The monoisotopic (exact) mass is 298 g/mol. The fourth-order valence-electron chi connectivity index (χ4n) is 1.91. The lowest BCUT2D eigenvalue weighted by Gasteiger charge is -2.40. The molecule has 4 atom stereocenters. The zero-order chi connectivity index (χ0) is 7.84. The maximum atomic E-state index is 3.76. The minimum atomic E-state index is 0.795. The standard InChI is InChI=1S/C8H12Br2S/c9-5-1-3-7-6(10)2-4-8(5)11-7/h5-8H,1-4H2. The first kappa shape index (κ1) is 8.89. The van der Waals surface area contributed by atoms with Gasteiger partial charge in [0.2, 0.25) is 0 Å². The largest absolute Gasteiger partial charge is 0.153 e.